The quantitative estimate of drug-likeness (QED) is 0.609. The number of halogens is 1. The molecule has 0 aliphatic rings. The Kier molecular flexibility index (Phi) is 4.78. The Morgan fingerprint density at radius 3 is 2.71 bits per heavy atom. The molecule has 0 radical (unpaired) electrons. The largest absolute Gasteiger partial charge is 0.465 e. The molecule has 8 heteroatoms. The molecular weight excluding hydrogens is 407 g/mol. The smallest absolute Gasteiger partial charge is 0.338 e. The molecular formula is C13H11IN2O4S. The zero-order valence-electron chi connectivity index (χ0n) is 10.9. The Labute approximate surface area is 135 Å². The lowest BCUT2D eigenvalue weighted by Crippen LogP contribution is -2.14. The number of anilines is 1. The average molecular weight is 418 g/mol. The Hall–Kier alpha value is -1.68. The van der Waals surface area contributed by atoms with E-state index < -0.39 is 16.0 Å². The number of sulfonamides is 1. The van der Waals surface area contributed by atoms with Gasteiger partial charge < -0.3 is 4.74 Å². The minimum absolute atomic E-state index is 0.0211. The summed E-state index contributed by atoms with van der Waals surface area (Å²) in [5, 5.41) is 0. The second-order valence-electron chi connectivity index (χ2n) is 3.98. The molecule has 0 aliphatic carbocycles. The number of carbonyl (C=O) groups excluding carboxylic acids is 1. The van der Waals surface area contributed by atoms with Crippen LogP contribution in [-0.4, -0.2) is 26.5 Å². The highest BCUT2D eigenvalue weighted by Gasteiger charge is 2.19. The molecule has 0 saturated heterocycles. The molecule has 2 rings (SSSR count). The minimum atomic E-state index is -3.80. The van der Waals surface area contributed by atoms with Gasteiger partial charge in [-0.3, -0.25) is 9.71 Å². The third-order valence-corrected chi connectivity index (χ3v) is 4.89. The zero-order valence-corrected chi connectivity index (χ0v) is 13.9. The summed E-state index contributed by atoms with van der Waals surface area (Å²) in [4.78, 5) is 15.4. The number of aromatic nitrogens is 1. The van der Waals surface area contributed by atoms with Crippen LogP contribution in [0, 0.1) is 3.57 Å². The van der Waals surface area contributed by atoms with Crippen LogP contribution in [0.3, 0.4) is 0 Å². The van der Waals surface area contributed by atoms with Crippen molar-refractivity contribution in [2.45, 2.75) is 4.90 Å². The van der Waals surface area contributed by atoms with Crippen molar-refractivity contribution in [2.24, 2.45) is 0 Å². The van der Waals surface area contributed by atoms with Gasteiger partial charge in [-0.15, -0.1) is 0 Å². The van der Waals surface area contributed by atoms with E-state index in [9.17, 15) is 13.2 Å². The number of rotatable bonds is 4. The maximum atomic E-state index is 12.3. The van der Waals surface area contributed by atoms with E-state index in [0.29, 0.717) is 9.26 Å². The van der Waals surface area contributed by atoms with Gasteiger partial charge in [0.05, 0.1) is 29.5 Å². The molecule has 0 aliphatic heterocycles. The molecule has 21 heavy (non-hydrogen) atoms. The highest BCUT2D eigenvalue weighted by Crippen LogP contribution is 2.21. The van der Waals surface area contributed by atoms with E-state index >= 15 is 0 Å². The fourth-order valence-electron chi connectivity index (χ4n) is 1.58. The number of ether oxygens (including phenoxy) is 1. The summed E-state index contributed by atoms with van der Waals surface area (Å²) in [5.41, 5.74) is 0.544. The maximum absolute atomic E-state index is 12.3. The molecule has 110 valence electrons. The normalized spacial score (nSPS) is 11.0. The van der Waals surface area contributed by atoms with Crippen LogP contribution in [-0.2, 0) is 14.8 Å². The molecule has 1 aromatic carbocycles. The summed E-state index contributed by atoms with van der Waals surface area (Å²) in [6.07, 6.45) is 2.93. The van der Waals surface area contributed by atoms with Crippen LogP contribution in [0.1, 0.15) is 10.4 Å². The highest BCUT2D eigenvalue weighted by atomic mass is 127. The van der Waals surface area contributed by atoms with Crippen molar-refractivity contribution in [2.75, 3.05) is 11.8 Å². The van der Waals surface area contributed by atoms with Gasteiger partial charge in [-0.25, -0.2) is 13.2 Å². The molecule has 2 aromatic rings. The molecule has 1 heterocycles. The predicted octanol–water partition coefficient (Wildman–Crippen LogP) is 2.27. The van der Waals surface area contributed by atoms with Gasteiger partial charge in [-0.05, 0) is 52.9 Å². The van der Waals surface area contributed by atoms with Crippen LogP contribution in [0.4, 0.5) is 5.69 Å². The summed E-state index contributed by atoms with van der Waals surface area (Å²) in [5.74, 6) is -0.585. The van der Waals surface area contributed by atoms with Crippen molar-refractivity contribution in [3.05, 3.63) is 51.9 Å². The van der Waals surface area contributed by atoms with E-state index in [1.165, 1.54) is 31.6 Å². The summed E-state index contributed by atoms with van der Waals surface area (Å²) in [6, 6.07) is 7.45. The van der Waals surface area contributed by atoms with Crippen LogP contribution in [0.5, 0.6) is 0 Å². The standard InChI is InChI=1S/C13H11IN2O4S/c1-20-13(17)11-7-10(4-5-12(11)14)21(18,19)16-9-3-2-6-15-8-9/h2-8,16H,1H3. The molecule has 1 aromatic heterocycles. The highest BCUT2D eigenvalue weighted by molar-refractivity contribution is 14.1. The van der Waals surface area contributed by atoms with Crippen molar-refractivity contribution >= 4 is 44.3 Å². The molecule has 0 saturated carbocycles. The number of hydrogen-bond acceptors (Lipinski definition) is 5. The van der Waals surface area contributed by atoms with Gasteiger partial charge in [-0.1, -0.05) is 0 Å². The van der Waals surface area contributed by atoms with E-state index in [-0.39, 0.29) is 10.5 Å². The van der Waals surface area contributed by atoms with Crippen molar-refractivity contribution in [3.63, 3.8) is 0 Å². The minimum Gasteiger partial charge on any atom is -0.465 e. The monoisotopic (exact) mass is 418 g/mol. The van der Waals surface area contributed by atoms with E-state index in [0.717, 1.165) is 0 Å². The Morgan fingerprint density at radius 2 is 2.10 bits per heavy atom. The lowest BCUT2D eigenvalue weighted by atomic mass is 10.2. The number of carbonyl (C=O) groups is 1. The fourth-order valence-corrected chi connectivity index (χ4v) is 3.20. The molecule has 0 unspecified atom stereocenters. The maximum Gasteiger partial charge on any atom is 0.338 e. The second kappa shape index (κ2) is 6.39. The number of methoxy groups -OCH3 is 1. The number of nitrogens with one attached hydrogen (secondary N) is 1. The SMILES string of the molecule is COC(=O)c1cc(S(=O)(=O)Nc2cccnc2)ccc1I. The van der Waals surface area contributed by atoms with Gasteiger partial charge in [0.1, 0.15) is 0 Å². The number of hydrogen-bond donors (Lipinski definition) is 1. The number of pyridine rings is 1. The first-order valence-corrected chi connectivity index (χ1v) is 8.31. The first-order chi connectivity index (χ1) is 9.94. The van der Waals surface area contributed by atoms with Crippen molar-refractivity contribution in [3.8, 4) is 0 Å². The number of benzene rings is 1. The van der Waals surface area contributed by atoms with Crippen molar-refractivity contribution in [1.29, 1.82) is 0 Å². The molecule has 0 atom stereocenters. The lowest BCUT2D eigenvalue weighted by molar-refractivity contribution is 0.0599. The van der Waals surface area contributed by atoms with Crippen LogP contribution in [0.15, 0.2) is 47.6 Å². The van der Waals surface area contributed by atoms with Crippen LogP contribution in [0.2, 0.25) is 0 Å². The number of esters is 1. The van der Waals surface area contributed by atoms with Crippen LogP contribution >= 0.6 is 22.6 Å². The van der Waals surface area contributed by atoms with Gasteiger partial charge in [0.2, 0.25) is 0 Å². The molecule has 0 fully saturated rings. The average Bonchev–Trinajstić information content (AvgIpc) is 2.47. The zero-order chi connectivity index (χ0) is 15.5. The Morgan fingerprint density at radius 1 is 1.33 bits per heavy atom. The number of nitrogens with zero attached hydrogens (tertiary/aromatic N) is 1. The van der Waals surface area contributed by atoms with Gasteiger partial charge in [0, 0.05) is 9.77 Å². The first kappa shape index (κ1) is 15.7. The topological polar surface area (TPSA) is 85.4 Å². The van der Waals surface area contributed by atoms with Crippen LogP contribution in [0.25, 0.3) is 0 Å². The van der Waals surface area contributed by atoms with E-state index in [2.05, 4.69) is 14.4 Å². The lowest BCUT2D eigenvalue weighted by Gasteiger charge is -2.09. The van der Waals surface area contributed by atoms with Crippen molar-refractivity contribution in [1.82, 2.24) is 4.98 Å². The molecule has 1 N–H and O–H groups in total. The van der Waals surface area contributed by atoms with Gasteiger partial charge in [0.15, 0.2) is 0 Å². The molecule has 0 spiro atoms. The van der Waals surface area contributed by atoms with E-state index in [4.69, 9.17) is 0 Å². The van der Waals surface area contributed by atoms with Crippen molar-refractivity contribution < 1.29 is 17.9 Å². The summed E-state index contributed by atoms with van der Waals surface area (Å²) in [6.45, 7) is 0. The Bertz CT molecular complexity index is 763. The molecule has 0 bridgehead atoms. The molecule has 6 nitrogen and oxygen atoms in total. The molecule has 0 amide bonds. The van der Waals surface area contributed by atoms with E-state index in [1.807, 2.05) is 22.6 Å². The van der Waals surface area contributed by atoms with Gasteiger partial charge in [0.25, 0.3) is 10.0 Å². The van der Waals surface area contributed by atoms with Gasteiger partial charge in [-0.2, -0.15) is 0 Å². The third kappa shape index (κ3) is 3.70. The summed E-state index contributed by atoms with van der Waals surface area (Å²) in [7, 11) is -2.55. The fraction of sp³-hybridized carbons (Fsp3) is 0.0769. The predicted molar refractivity (Wildman–Crippen MR) is 85.5 cm³/mol. The summed E-state index contributed by atoms with van der Waals surface area (Å²) >= 11 is 1.94. The van der Waals surface area contributed by atoms with Gasteiger partial charge >= 0.3 is 5.97 Å². The Balaban J connectivity index is 2.39. The third-order valence-electron chi connectivity index (χ3n) is 2.57. The first-order valence-electron chi connectivity index (χ1n) is 5.75. The summed E-state index contributed by atoms with van der Waals surface area (Å²) < 4.78 is 32.2. The van der Waals surface area contributed by atoms with E-state index in [1.54, 1.807) is 18.2 Å². The second-order valence-corrected chi connectivity index (χ2v) is 6.83. The van der Waals surface area contributed by atoms with Crippen LogP contribution < -0.4 is 4.72 Å².